The van der Waals surface area contributed by atoms with Gasteiger partial charge in [-0.3, -0.25) is 9.78 Å². The third kappa shape index (κ3) is 3.97. The summed E-state index contributed by atoms with van der Waals surface area (Å²) in [5.74, 6) is 0.594. The van der Waals surface area contributed by atoms with Crippen LogP contribution in [0.25, 0.3) is 10.2 Å². The zero-order chi connectivity index (χ0) is 18.5. The summed E-state index contributed by atoms with van der Waals surface area (Å²) in [4.78, 5) is 27.0. The van der Waals surface area contributed by atoms with Crippen LogP contribution in [0.2, 0.25) is 0 Å². The summed E-state index contributed by atoms with van der Waals surface area (Å²) in [6.45, 7) is 5.39. The Kier molecular flexibility index (Phi) is 5.75. The fourth-order valence-electron chi connectivity index (χ4n) is 2.64. The molecule has 0 aromatic carbocycles. The molecular weight excluding hydrogens is 350 g/mol. The van der Waals surface area contributed by atoms with Gasteiger partial charge in [0.25, 0.3) is 5.91 Å². The molecule has 3 aromatic rings. The van der Waals surface area contributed by atoms with Crippen molar-refractivity contribution in [3.8, 4) is 0 Å². The average Bonchev–Trinajstić information content (AvgIpc) is 2.98. The van der Waals surface area contributed by atoms with Gasteiger partial charge in [-0.1, -0.05) is 6.07 Å². The Labute approximate surface area is 155 Å². The number of aryl methyl sites for hydroxylation is 2. The molecule has 0 radical (unpaired) electrons. The highest BCUT2D eigenvalue weighted by Crippen LogP contribution is 2.33. The van der Waals surface area contributed by atoms with Crippen LogP contribution in [0.1, 0.15) is 26.6 Å². The zero-order valence-corrected chi connectivity index (χ0v) is 15.8. The molecule has 1 amide bonds. The van der Waals surface area contributed by atoms with Gasteiger partial charge in [-0.05, 0) is 31.5 Å². The average molecular weight is 371 g/mol. The first kappa shape index (κ1) is 18.2. The Balaban J connectivity index is 1.84. The van der Waals surface area contributed by atoms with Gasteiger partial charge in [0.2, 0.25) is 0 Å². The number of pyridine rings is 1. The highest BCUT2D eigenvalue weighted by Gasteiger charge is 2.19. The van der Waals surface area contributed by atoms with E-state index in [2.05, 4.69) is 25.6 Å². The molecule has 0 atom stereocenters. The van der Waals surface area contributed by atoms with Gasteiger partial charge in [0.15, 0.2) is 0 Å². The summed E-state index contributed by atoms with van der Waals surface area (Å²) in [7, 11) is 1.60. The van der Waals surface area contributed by atoms with Gasteiger partial charge in [0, 0.05) is 19.3 Å². The van der Waals surface area contributed by atoms with E-state index >= 15 is 0 Å². The van der Waals surface area contributed by atoms with Crippen molar-refractivity contribution in [2.75, 3.05) is 25.6 Å². The molecule has 3 heterocycles. The number of nitrogens with zero attached hydrogens (tertiary/aromatic N) is 3. The highest BCUT2D eigenvalue weighted by molar-refractivity contribution is 7.20. The van der Waals surface area contributed by atoms with Crippen LogP contribution in [0.3, 0.4) is 0 Å². The first-order valence-electron chi connectivity index (χ1n) is 8.27. The maximum atomic E-state index is 12.4. The lowest BCUT2D eigenvalue weighted by Gasteiger charge is -2.07. The van der Waals surface area contributed by atoms with E-state index in [-0.39, 0.29) is 5.91 Å². The van der Waals surface area contributed by atoms with Crippen LogP contribution >= 0.6 is 11.3 Å². The number of amides is 1. The summed E-state index contributed by atoms with van der Waals surface area (Å²) in [6.07, 6.45) is 1.51. The molecule has 2 N–H and O–H groups in total. The fourth-order valence-corrected chi connectivity index (χ4v) is 3.71. The molecule has 0 aliphatic rings. The lowest BCUT2D eigenvalue weighted by molar-refractivity contribution is 0.0940. The predicted molar refractivity (Wildman–Crippen MR) is 103 cm³/mol. The molecule has 0 spiro atoms. The van der Waals surface area contributed by atoms with Crippen LogP contribution < -0.4 is 10.6 Å². The minimum absolute atomic E-state index is 0.117. The first-order chi connectivity index (χ1) is 12.6. The topological polar surface area (TPSA) is 89.0 Å². The van der Waals surface area contributed by atoms with Crippen molar-refractivity contribution in [3.05, 3.63) is 46.4 Å². The Hall–Kier alpha value is -2.58. The molecule has 0 fully saturated rings. The molecular formula is C18H21N5O2S. The summed E-state index contributed by atoms with van der Waals surface area (Å²) < 4.78 is 4.97. The number of hydrogen-bond donors (Lipinski definition) is 2. The number of ether oxygens (including phenoxy) is 1. The third-order valence-electron chi connectivity index (χ3n) is 3.91. The van der Waals surface area contributed by atoms with E-state index in [1.165, 1.54) is 17.7 Å². The predicted octanol–water partition coefficient (Wildman–Crippen LogP) is 2.69. The van der Waals surface area contributed by atoms with Crippen LogP contribution in [-0.4, -0.2) is 41.1 Å². The second kappa shape index (κ2) is 8.20. The van der Waals surface area contributed by atoms with Crippen molar-refractivity contribution in [3.63, 3.8) is 0 Å². The number of thiophene rings is 1. The second-order valence-corrected chi connectivity index (χ2v) is 6.83. The molecule has 26 heavy (non-hydrogen) atoms. The second-order valence-electron chi connectivity index (χ2n) is 5.83. The van der Waals surface area contributed by atoms with E-state index < -0.39 is 0 Å². The highest BCUT2D eigenvalue weighted by atomic mass is 32.1. The number of fused-ring (bicyclic) bond motifs is 1. The van der Waals surface area contributed by atoms with Gasteiger partial charge in [0.05, 0.1) is 29.1 Å². The van der Waals surface area contributed by atoms with E-state index in [1.807, 2.05) is 32.0 Å². The van der Waals surface area contributed by atoms with Crippen LogP contribution in [0, 0.1) is 13.8 Å². The number of nitrogens with one attached hydrogen (secondary N) is 2. The molecule has 8 heteroatoms. The van der Waals surface area contributed by atoms with Gasteiger partial charge in [-0.15, -0.1) is 11.3 Å². The number of rotatable bonds is 7. The minimum atomic E-state index is -0.117. The van der Waals surface area contributed by atoms with Crippen molar-refractivity contribution in [1.29, 1.82) is 0 Å². The number of anilines is 1. The number of carbonyl (C=O) groups excluding carboxylic acids is 1. The molecule has 7 nitrogen and oxygen atoms in total. The van der Waals surface area contributed by atoms with Gasteiger partial charge >= 0.3 is 0 Å². The lowest BCUT2D eigenvalue weighted by atomic mass is 10.2. The first-order valence-corrected chi connectivity index (χ1v) is 9.09. The number of methoxy groups -OCH3 is 1. The molecule has 3 aromatic heterocycles. The number of hydrogen-bond acceptors (Lipinski definition) is 7. The summed E-state index contributed by atoms with van der Waals surface area (Å²) in [5.41, 5.74) is 2.78. The van der Waals surface area contributed by atoms with E-state index in [0.29, 0.717) is 30.4 Å². The Bertz CT molecular complexity index is 925. The van der Waals surface area contributed by atoms with Crippen molar-refractivity contribution < 1.29 is 9.53 Å². The van der Waals surface area contributed by atoms with E-state index in [9.17, 15) is 4.79 Å². The zero-order valence-electron chi connectivity index (χ0n) is 15.0. The largest absolute Gasteiger partial charge is 0.383 e. The van der Waals surface area contributed by atoms with Gasteiger partial charge < -0.3 is 15.4 Å². The third-order valence-corrected chi connectivity index (χ3v) is 5.11. The van der Waals surface area contributed by atoms with E-state index in [4.69, 9.17) is 4.74 Å². The Morgan fingerprint density at radius 1 is 1.27 bits per heavy atom. The molecule has 0 saturated carbocycles. The fraction of sp³-hybridized carbons (Fsp3) is 0.333. The maximum Gasteiger partial charge on any atom is 0.261 e. The molecule has 0 aliphatic carbocycles. The van der Waals surface area contributed by atoms with Crippen LogP contribution in [0.5, 0.6) is 0 Å². The molecule has 0 saturated heterocycles. The van der Waals surface area contributed by atoms with Gasteiger partial charge in [-0.25, -0.2) is 9.97 Å². The Morgan fingerprint density at radius 2 is 2.12 bits per heavy atom. The summed E-state index contributed by atoms with van der Waals surface area (Å²) >= 11 is 1.37. The smallest absolute Gasteiger partial charge is 0.261 e. The maximum absolute atomic E-state index is 12.4. The van der Waals surface area contributed by atoms with Crippen LogP contribution in [-0.2, 0) is 11.3 Å². The van der Waals surface area contributed by atoms with Crippen LogP contribution in [0.15, 0.2) is 24.5 Å². The van der Waals surface area contributed by atoms with Crippen molar-refractivity contribution in [2.24, 2.45) is 0 Å². The van der Waals surface area contributed by atoms with Crippen molar-refractivity contribution >= 4 is 33.3 Å². The SMILES string of the molecule is COCCNC(=O)c1sc2ncnc(NCc3cccc(C)n3)c2c1C. The number of carbonyl (C=O) groups is 1. The molecule has 0 aliphatic heterocycles. The normalized spacial score (nSPS) is 10.9. The monoisotopic (exact) mass is 371 g/mol. The standard InChI is InChI=1S/C18H21N5O2S/c1-11-5-4-6-13(23-11)9-20-16-14-12(2)15(17(24)19-7-8-25-3)26-18(14)22-10-21-16/h4-6,10H,7-9H2,1-3H3,(H,19,24)(H,20,21,22). The van der Waals surface area contributed by atoms with Gasteiger partial charge in [-0.2, -0.15) is 0 Å². The summed E-state index contributed by atoms with van der Waals surface area (Å²) in [5, 5.41) is 7.05. The Morgan fingerprint density at radius 3 is 2.88 bits per heavy atom. The lowest BCUT2D eigenvalue weighted by Crippen LogP contribution is -2.26. The van der Waals surface area contributed by atoms with Crippen LogP contribution in [0.4, 0.5) is 5.82 Å². The van der Waals surface area contributed by atoms with E-state index in [1.54, 1.807) is 7.11 Å². The van der Waals surface area contributed by atoms with Crippen molar-refractivity contribution in [1.82, 2.24) is 20.3 Å². The molecule has 0 unspecified atom stereocenters. The molecule has 0 bridgehead atoms. The van der Waals surface area contributed by atoms with Crippen molar-refractivity contribution in [2.45, 2.75) is 20.4 Å². The molecule has 3 rings (SSSR count). The molecule has 136 valence electrons. The van der Waals surface area contributed by atoms with Gasteiger partial charge in [0.1, 0.15) is 17.0 Å². The quantitative estimate of drug-likeness (QED) is 0.621. The number of aromatic nitrogens is 3. The summed E-state index contributed by atoms with van der Waals surface area (Å²) in [6, 6.07) is 5.91. The van der Waals surface area contributed by atoms with E-state index in [0.717, 1.165) is 27.2 Å². The minimum Gasteiger partial charge on any atom is -0.383 e.